The summed E-state index contributed by atoms with van der Waals surface area (Å²) < 4.78 is 1.66. The molecule has 2 aromatic carbocycles. The molecule has 0 unspecified atom stereocenters. The predicted molar refractivity (Wildman–Crippen MR) is 118 cm³/mol. The van der Waals surface area contributed by atoms with Crippen LogP contribution in [0.3, 0.4) is 0 Å². The molecule has 1 amide bonds. The lowest BCUT2D eigenvalue weighted by atomic mass is 10.1. The number of benzene rings is 2. The van der Waals surface area contributed by atoms with E-state index in [-0.39, 0.29) is 17.4 Å². The van der Waals surface area contributed by atoms with Gasteiger partial charge in [-0.15, -0.1) is 5.10 Å². The summed E-state index contributed by atoms with van der Waals surface area (Å²) in [7, 11) is 0. The molecular weight excluding hydrogens is 398 g/mol. The van der Waals surface area contributed by atoms with Gasteiger partial charge in [-0.05, 0) is 71.7 Å². The Morgan fingerprint density at radius 2 is 1.83 bits per heavy atom. The molecule has 30 heavy (non-hydrogen) atoms. The number of tetrazole rings is 1. The van der Waals surface area contributed by atoms with Crippen molar-refractivity contribution in [2.45, 2.75) is 39.3 Å². The van der Waals surface area contributed by atoms with Gasteiger partial charge in [-0.3, -0.25) is 9.59 Å². The number of carbonyl (C=O) groups is 2. The number of nitrogens with one attached hydrogen (secondary N) is 1. The third kappa shape index (κ3) is 5.54. The largest absolute Gasteiger partial charge is 0.326 e. The molecule has 0 saturated heterocycles. The average Bonchev–Trinajstić information content (AvgIpc) is 3.16. The normalized spacial score (nSPS) is 11.0. The van der Waals surface area contributed by atoms with Crippen molar-refractivity contribution in [1.82, 2.24) is 20.2 Å². The van der Waals surface area contributed by atoms with Crippen LogP contribution >= 0.6 is 11.8 Å². The van der Waals surface area contributed by atoms with E-state index in [1.165, 1.54) is 11.8 Å². The Labute approximate surface area is 180 Å². The van der Waals surface area contributed by atoms with E-state index in [9.17, 15) is 9.59 Å². The van der Waals surface area contributed by atoms with E-state index in [1.54, 1.807) is 28.9 Å². The van der Waals surface area contributed by atoms with Crippen LogP contribution in [0.2, 0.25) is 0 Å². The summed E-state index contributed by atoms with van der Waals surface area (Å²) in [5.41, 5.74) is 4.32. The Morgan fingerprint density at radius 3 is 2.53 bits per heavy atom. The molecule has 1 aromatic heterocycles. The van der Waals surface area contributed by atoms with Crippen molar-refractivity contribution >= 4 is 29.1 Å². The minimum Gasteiger partial charge on any atom is -0.326 e. The molecule has 0 aliphatic rings. The number of rotatable bonds is 8. The number of hydrogen-bond acceptors (Lipinski definition) is 6. The summed E-state index contributed by atoms with van der Waals surface area (Å²) in [5, 5.41) is 15.3. The first-order valence-electron chi connectivity index (χ1n) is 9.75. The number of amides is 1. The van der Waals surface area contributed by atoms with Gasteiger partial charge >= 0.3 is 0 Å². The molecule has 3 rings (SSSR count). The average molecular weight is 424 g/mol. The second-order valence-corrected chi connectivity index (χ2v) is 8.54. The summed E-state index contributed by atoms with van der Waals surface area (Å²) in [5.74, 6) is 0.445. The first-order chi connectivity index (χ1) is 14.3. The number of thioether (sulfide) groups is 1. The van der Waals surface area contributed by atoms with E-state index in [1.807, 2.05) is 45.9 Å². The SMILES string of the molecule is Cc1ccc(C)c(-n2nnnc2SCC(=O)c2ccc(NC(=O)CC(C)C)cc2)c1. The maximum Gasteiger partial charge on any atom is 0.224 e. The molecule has 1 heterocycles. The molecule has 0 atom stereocenters. The lowest BCUT2D eigenvalue weighted by Crippen LogP contribution is -2.14. The molecule has 0 aliphatic carbocycles. The number of aromatic nitrogens is 4. The van der Waals surface area contributed by atoms with Gasteiger partial charge < -0.3 is 5.32 Å². The molecule has 156 valence electrons. The molecule has 1 N–H and O–H groups in total. The van der Waals surface area contributed by atoms with Gasteiger partial charge in [-0.1, -0.05) is 37.7 Å². The summed E-state index contributed by atoms with van der Waals surface area (Å²) in [6, 6.07) is 13.0. The Balaban J connectivity index is 1.64. The van der Waals surface area contributed by atoms with Crippen molar-refractivity contribution < 1.29 is 9.59 Å². The summed E-state index contributed by atoms with van der Waals surface area (Å²) >= 11 is 1.30. The number of anilines is 1. The molecular formula is C22H25N5O2S. The molecule has 3 aromatic rings. The van der Waals surface area contributed by atoms with Crippen molar-refractivity contribution in [3.63, 3.8) is 0 Å². The molecule has 0 bridgehead atoms. The first kappa shape index (κ1) is 21.7. The van der Waals surface area contributed by atoms with Gasteiger partial charge in [0.1, 0.15) is 0 Å². The van der Waals surface area contributed by atoms with Crippen LogP contribution in [0.15, 0.2) is 47.6 Å². The fraction of sp³-hybridized carbons (Fsp3) is 0.318. The third-order valence-corrected chi connectivity index (χ3v) is 5.37. The highest BCUT2D eigenvalue weighted by atomic mass is 32.2. The predicted octanol–water partition coefficient (Wildman–Crippen LogP) is 4.24. The summed E-state index contributed by atoms with van der Waals surface area (Å²) in [6.07, 6.45) is 0.465. The fourth-order valence-corrected chi connectivity index (χ4v) is 3.68. The third-order valence-electron chi connectivity index (χ3n) is 4.45. The van der Waals surface area contributed by atoms with E-state index < -0.39 is 0 Å². The van der Waals surface area contributed by atoms with E-state index in [0.29, 0.717) is 28.7 Å². The zero-order valence-electron chi connectivity index (χ0n) is 17.5. The minimum atomic E-state index is -0.0319. The second-order valence-electron chi connectivity index (χ2n) is 7.60. The van der Waals surface area contributed by atoms with Crippen LogP contribution in [0, 0.1) is 19.8 Å². The van der Waals surface area contributed by atoms with Gasteiger partial charge in [-0.2, -0.15) is 4.68 Å². The molecule has 0 radical (unpaired) electrons. The van der Waals surface area contributed by atoms with Gasteiger partial charge in [0, 0.05) is 17.7 Å². The van der Waals surface area contributed by atoms with E-state index >= 15 is 0 Å². The summed E-state index contributed by atoms with van der Waals surface area (Å²) in [6.45, 7) is 8.00. The molecule has 0 spiro atoms. The quantitative estimate of drug-likeness (QED) is 0.431. The Morgan fingerprint density at radius 1 is 1.10 bits per heavy atom. The second kappa shape index (κ2) is 9.67. The number of Topliss-reactive ketones (excluding diaryl/α,β-unsaturated/α-hetero) is 1. The van der Waals surface area contributed by atoms with Crippen LogP contribution in [-0.2, 0) is 4.79 Å². The zero-order valence-corrected chi connectivity index (χ0v) is 18.4. The Kier molecular flexibility index (Phi) is 6.99. The standard InChI is InChI=1S/C22H25N5O2S/c1-14(2)11-21(29)23-18-9-7-17(8-10-18)20(28)13-30-22-24-25-26-27(22)19-12-15(3)5-6-16(19)4/h5-10,12,14H,11,13H2,1-4H3,(H,23,29). The Bertz CT molecular complexity index is 1040. The number of ketones is 1. The monoisotopic (exact) mass is 423 g/mol. The highest BCUT2D eigenvalue weighted by molar-refractivity contribution is 7.99. The minimum absolute atomic E-state index is 0.0297. The van der Waals surface area contributed by atoms with Gasteiger partial charge in [0.25, 0.3) is 0 Å². The van der Waals surface area contributed by atoms with Crippen LogP contribution < -0.4 is 5.32 Å². The number of carbonyl (C=O) groups excluding carboxylic acids is 2. The van der Waals surface area contributed by atoms with Gasteiger partial charge in [0.05, 0.1) is 11.4 Å². The lowest BCUT2D eigenvalue weighted by molar-refractivity contribution is -0.116. The maximum absolute atomic E-state index is 12.6. The van der Waals surface area contributed by atoms with Crippen molar-refractivity contribution in [3.8, 4) is 5.69 Å². The summed E-state index contributed by atoms with van der Waals surface area (Å²) in [4.78, 5) is 24.5. The zero-order chi connectivity index (χ0) is 21.7. The smallest absolute Gasteiger partial charge is 0.224 e. The van der Waals surface area contributed by atoms with Crippen LogP contribution in [0.4, 0.5) is 5.69 Å². The van der Waals surface area contributed by atoms with E-state index in [4.69, 9.17) is 0 Å². The van der Waals surface area contributed by atoms with E-state index in [0.717, 1.165) is 16.8 Å². The van der Waals surface area contributed by atoms with Crippen LogP contribution in [0.1, 0.15) is 41.8 Å². The first-order valence-corrected chi connectivity index (χ1v) is 10.7. The molecule has 0 fully saturated rings. The lowest BCUT2D eigenvalue weighted by Gasteiger charge is -2.09. The van der Waals surface area contributed by atoms with Crippen molar-refractivity contribution in [3.05, 3.63) is 59.2 Å². The molecule has 8 heteroatoms. The van der Waals surface area contributed by atoms with Crippen LogP contribution in [0.25, 0.3) is 5.69 Å². The van der Waals surface area contributed by atoms with Crippen molar-refractivity contribution in [2.75, 3.05) is 11.1 Å². The number of nitrogens with zero attached hydrogens (tertiary/aromatic N) is 4. The van der Waals surface area contributed by atoms with Gasteiger partial charge in [-0.25, -0.2) is 0 Å². The maximum atomic E-state index is 12.6. The molecule has 0 saturated carbocycles. The van der Waals surface area contributed by atoms with Crippen LogP contribution in [-0.4, -0.2) is 37.7 Å². The highest BCUT2D eigenvalue weighted by Crippen LogP contribution is 2.23. The number of hydrogen-bond donors (Lipinski definition) is 1. The fourth-order valence-electron chi connectivity index (χ4n) is 2.90. The molecule has 7 nitrogen and oxygen atoms in total. The van der Waals surface area contributed by atoms with Gasteiger partial charge in [0.15, 0.2) is 5.78 Å². The highest BCUT2D eigenvalue weighted by Gasteiger charge is 2.14. The number of aryl methyl sites for hydroxylation is 2. The van der Waals surface area contributed by atoms with E-state index in [2.05, 4.69) is 20.8 Å². The topological polar surface area (TPSA) is 89.8 Å². The molecule has 0 aliphatic heterocycles. The Hall–Kier alpha value is -3.00. The van der Waals surface area contributed by atoms with Crippen LogP contribution in [0.5, 0.6) is 0 Å². The van der Waals surface area contributed by atoms with Gasteiger partial charge in [0.2, 0.25) is 11.1 Å². The van der Waals surface area contributed by atoms with Crippen molar-refractivity contribution in [2.24, 2.45) is 5.92 Å². The van der Waals surface area contributed by atoms with Crippen molar-refractivity contribution in [1.29, 1.82) is 0 Å².